The van der Waals surface area contributed by atoms with Gasteiger partial charge in [0.1, 0.15) is 0 Å². The molecule has 4 fully saturated rings. The monoisotopic (exact) mass is 387 g/mol. The maximum Gasteiger partial charge on any atom is 0.416 e. The molecule has 4 aliphatic rings. The van der Waals surface area contributed by atoms with Crippen LogP contribution in [0.15, 0.2) is 29.2 Å². The summed E-state index contributed by atoms with van der Waals surface area (Å²) in [6, 6.07) is 3.76. The van der Waals surface area contributed by atoms with Gasteiger partial charge < -0.3 is 0 Å². The zero-order valence-corrected chi connectivity index (χ0v) is 15.8. The van der Waals surface area contributed by atoms with Gasteiger partial charge in [-0.2, -0.15) is 13.2 Å². The van der Waals surface area contributed by atoms with E-state index in [1.54, 1.807) is 0 Å². The van der Waals surface area contributed by atoms with Crippen molar-refractivity contribution in [2.75, 3.05) is 0 Å². The normalized spacial score (nSPS) is 39.3. The highest BCUT2D eigenvalue weighted by Crippen LogP contribution is 2.66. The maximum atomic E-state index is 12.9. The largest absolute Gasteiger partial charge is 0.416 e. The van der Waals surface area contributed by atoms with Crippen molar-refractivity contribution < 1.29 is 21.6 Å². The third-order valence-corrected chi connectivity index (χ3v) is 8.06. The van der Waals surface area contributed by atoms with Crippen LogP contribution in [0.4, 0.5) is 13.2 Å². The Balaban J connectivity index is 1.62. The maximum absolute atomic E-state index is 12.9. The fourth-order valence-electron chi connectivity index (χ4n) is 6.73. The van der Waals surface area contributed by atoms with Gasteiger partial charge in [0, 0.05) is 5.54 Å². The molecule has 5 rings (SSSR count). The van der Waals surface area contributed by atoms with Gasteiger partial charge in [-0.1, -0.05) is 13.8 Å². The number of benzene rings is 1. The summed E-state index contributed by atoms with van der Waals surface area (Å²) in [7, 11) is -3.86. The number of hydrogen-bond acceptors (Lipinski definition) is 2. The molecule has 1 aromatic carbocycles. The van der Waals surface area contributed by atoms with Gasteiger partial charge in [-0.15, -0.1) is 0 Å². The van der Waals surface area contributed by atoms with E-state index in [-0.39, 0.29) is 15.7 Å². The van der Waals surface area contributed by atoms with Crippen LogP contribution in [0, 0.1) is 16.7 Å². The van der Waals surface area contributed by atoms with Crippen molar-refractivity contribution >= 4 is 10.0 Å². The molecule has 3 nitrogen and oxygen atoms in total. The van der Waals surface area contributed by atoms with E-state index in [4.69, 9.17) is 0 Å². The first-order valence-corrected chi connectivity index (χ1v) is 10.5. The summed E-state index contributed by atoms with van der Waals surface area (Å²) in [6.45, 7) is 4.49. The molecule has 0 spiro atoms. The third-order valence-electron chi connectivity index (χ3n) is 6.47. The minimum Gasteiger partial charge on any atom is -0.207 e. The van der Waals surface area contributed by atoms with E-state index in [1.807, 2.05) is 0 Å². The molecule has 0 aliphatic heterocycles. The summed E-state index contributed by atoms with van der Waals surface area (Å²) in [4.78, 5) is -0.100. The van der Waals surface area contributed by atoms with Crippen molar-refractivity contribution in [3.63, 3.8) is 0 Å². The van der Waals surface area contributed by atoms with E-state index in [0.717, 1.165) is 62.8 Å². The van der Waals surface area contributed by atoms with Crippen LogP contribution in [0.3, 0.4) is 0 Å². The Kier molecular flexibility index (Phi) is 3.69. The van der Waals surface area contributed by atoms with Crippen molar-refractivity contribution in [1.29, 1.82) is 0 Å². The van der Waals surface area contributed by atoms with E-state index in [2.05, 4.69) is 18.6 Å². The van der Waals surface area contributed by atoms with Gasteiger partial charge in [0.15, 0.2) is 0 Å². The van der Waals surface area contributed by atoms with E-state index in [9.17, 15) is 21.6 Å². The fourth-order valence-corrected chi connectivity index (χ4v) is 8.14. The van der Waals surface area contributed by atoms with E-state index >= 15 is 0 Å². The Bertz CT molecular complexity index is 813. The molecule has 1 aromatic rings. The van der Waals surface area contributed by atoms with Gasteiger partial charge in [-0.25, -0.2) is 13.1 Å². The molecule has 4 saturated carbocycles. The van der Waals surface area contributed by atoms with Crippen LogP contribution in [0.1, 0.15) is 57.9 Å². The summed E-state index contributed by atoms with van der Waals surface area (Å²) in [6.07, 6.45) is 1.40. The Morgan fingerprint density at radius 1 is 0.962 bits per heavy atom. The predicted octanol–water partition coefficient (Wildman–Crippen LogP) is 4.73. The van der Waals surface area contributed by atoms with Crippen LogP contribution in [0.25, 0.3) is 0 Å². The second kappa shape index (κ2) is 5.25. The van der Waals surface area contributed by atoms with Crippen LogP contribution >= 0.6 is 0 Å². The first kappa shape index (κ1) is 18.3. The molecular formula is C19H24F3NO2S. The van der Waals surface area contributed by atoms with E-state index in [0.29, 0.717) is 5.92 Å². The standard InChI is InChI=1S/C19H24F3NO2S/c1-16-7-13-8-17(2,10-16)12-18(9-13,11-16)23-26(24,25)15-5-3-14(4-6-15)19(20,21)22/h3-6,13,23H,7-12H2,1-2H3. The van der Waals surface area contributed by atoms with Gasteiger partial charge in [0.05, 0.1) is 10.5 Å². The molecule has 0 aromatic heterocycles. The van der Waals surface area contributed by atoms with Gasteiger partial charge in [-0.05, 0) is 79.5 Å². The summed E-state index contributed by atoms with van der Waals surface area (Å²) in [5, 5.41) is 0. The molecule has 144 valence electrons. The molecule has 0 radical (unpaired) electrons. The lowest BCUT2D eigenvalue weighted by molar-refractivity contribution is -0.137. The minimum atomic E-state index is -4.47. The number of halogens is 3. The quantitative estimate of drug-likeness (QED) is 0.815. The molecule has 0 saturated heterocycles. The highest BCUT2D eigenvalue weighted by molar-refractivity contribution is 7.89. The Labute approximate surface area is 152 Å². The number of rotatable bonds is 3. The molecule has 4 bridgehead atoms. The average Bonchev–Trinajstić information content (AvgIpc) is 2.41. The lowest BCUT2D eigenvalue weighted by atomic mass is 9.43. The Hall–Kier alpha value is -1.08. The highest BCUT2D eigenvalue weighted by Gasteiger charge is 2.61. The summed E-state index contributed by atoms with van der Waals surface area (Å²) >= 11 is 0. The van der Waals surface area contributed by atoms with Crippen molar-refractivity contribution in [3.05, 3.63) is 29.8 Å². The molecule has 2 atom stereocenters. The van der Waals surface area contributed by atoms with Crippen molar-refractivity contribution in [3.8, 4) is 0 Å². The van der Waals surface area contributed by atoms with Gasteiger partial charge in [0.25, 0.3) is 0 Å². The van der Waals surface area contributed by atoms with Gasteiger partial charge in [0.2, 0.25) is 10.0 Å². The summed E-state index contributed by atoms with van der Waals surface area (Å²) in [5.41, 5.74) is -1.01. The molecule has 0 heterocycles. The van der Waals surface area contributed by atoms with Crippen LogP contribution in [-0.4, -0.2) is 14.0 Å². The van der Waals surface area contributed by atoms with Crippen LogP contribution in [0.2, 0.25) is 0 Å². The third kappa shape index (κ3) is 3.07. The van der Waals surface area contributed by atoms with Crippen molar-refractivity contribution in [2.45, 2.75) is 69.0 Å². The van der Waals surface area contributed by atoms with Gasteiger partial charge in [-0.3, -0.25) is 0 Å². The Morgan fingerprint density at radius 2 is 1.50 bits per heavy atom. The minimum absolute atomic E-state index is 0.100. The molecular weight excluding hydrogens is 363 g/mol. The first-order chi connectivity index (χ1) is 11.8. The average molecular weight is 387 g/mol. The van der Waals surface area contributed by atoms with Crippen molar-refractivity contribution in [1.82, 2.24) is 4.72 Å². The number of sulfonamides is 1. The molecule has 1 N–H and O–H groups in total. The number of alkyl halides is 3. The summed E-state index contributed by atoms with van der Waals surface area (Å²) in [5.74, 6) is 0.525. The topological polar surface area (TPSA) is 46.2 Å². The second-order valence-electron chi connectivity index (χ2n) is 9.54. The first-order valence-electron chi connectivity index (χ1n) is 9.04. The second-order valence-corrected chi connectivity index (χ2v) is 11.2. The molecule has 0 amide bonds. The highest BCUT2D eigenvalue weighted by atomic mass is 32.2. The number of hydrogen-bond donors (Lipinski definition) is 1. The molecule has 2 unspecified atom stereocenters. The van der Waals surface area contributed by atoms with Crippen LogP contribution in [0.5, 0.6) is 0 Å². The van der Waals surface area contributed by atoms with E-state index < -0.39 is 27.3 Å². The lowest BCUT2D eigenvalue weighted by Gasteiger charge is -2.65. The molecule has 26 heavy (non-hydrogen) atoms. The van der Waals surface area contributed by atoms with E-state index in [1.165, 1.54) is 0 Å². The van der Waals surface area contributed by atoms with Crippen LogP contribution in [-0.2, 0) is 16.2 Å². The smallest absolute Gasteiger partial charge is 0.207 e. The van der Waals surface area contributed by atoms with Crippen LogP contribution < -0.4 is 4.72 Å². The predicted molar refractivity (Wildman–Crippen MR) is 91.9 cm³/mol. The Morgan fingerprint density at radius 3 is 1.96 bits per heavy atom. The summed E-state index contributed by atoms with van der Waals surface area (Å²) < 4.78 is 66.9. The molecule has 7 heteroatoms. The number of nitrogens with one attached hydrogen (secondary N) is 1. The zero-order chi connectivity index (χ0) is 19.0. The van der Waals surface area contributed by atoms with Gasteiger partial charge >= 0.3 is 6.18 Å². The SMILES string of the molecule is CC12CC3CC(C)(C1)CC(NS(=O)(=O)c1ccc(C(F)(F)F)cc1)(C3)C2. The fraction of sp³-hybridized carbons (Fsp3) is 0.684. The van der Waals surface area contributed by atoms with Crippen molar-refractivity contribution in [2.24, 2.45) is 16.7 Å². The molecule has 4 aliphatic carbocycles. The zero-order valence-electron chi connectivity index (χ0n) is 15.0. The lowest BCUT2D eigenvalue weighted by Crippen LogP contribution is -2.65.